The third-order valence-electron chi connectivity index (χ3n) is 1.49. The van der Waals surface area contributed by atoms with Crippen LogP contribution in [0.1, 0.15) is 10.5 Å². The predicted octanol–water partition coefficient (Wildman–Crippen LogP) is -0.245. The molecule has 0 fully saturated rings. The molecule has 0 saturated heterocycles. The third kappa shape index (κ3) is 1.30. The summed E-state index contributed by atoms with van der Waals surface area (Å²) in [4.78, 5) is 19.4. The second kappa shape index (κ2) is 3.21. The molecule has 14 heavy (non-hydrogen) atoms. The number of nitrogens with zero attached hydrogens (tertiary/aromatic N) is 5. The van der Waals surface area contributed by atoms with E-state index in [-0.39, 0.29) is 11.5 Å². The van der Waals surface area contributed by atoms with Gasteiger partial charge in [-0.3, -0.25) is 0 Å². The Hall–Kier alpha value is -2.31. The number of aromatic carboxylic acids is 1. The van der Waals surface area contributed by atoms with Crippen LogP contribution in [0.2, 0.25) is 0 Å². The highest BCUT2D eigenvalue weighted by molar-refractivity contribution is 5.88. The highest BCUT2D eigenvalue weighted by Gasteiger charge is 2.14. The number of hydrogen-bond acceptors (Lipinski definition) is 5. The Morgan fingerprint density at radius 2 is 1.79 bits per heavy atom. The average molecular weight is 191 g/mol. The lowest BCUT2D eigenvalue weighted by molar-refractivity contribution is 0.0689. The van der Waals surface area contributed by atoms with Crippen LogP contribution in [0.4, 0.5) is 0 Å². The molecule has 2 rings (SSSR count). The van der Waals surface area contributed by atoms with Gasteiger partial charge in [0.25, 0.3) is 0 Å². The summed E-state index contributed by atoms with van der Waals surface area (Å²) in [6, 6.07) is 0. The van der Waals surface area contributed by atoms with E-state index in [1.54, 1.807) is 0 Å². The minimum Gasteiger partial charge on any atom is -0.476 e. The van der Waals surface area contributed by atoms with Crippen molar-refractivity contribution in [3.8, 4) is 5.82 Å². The molecule has 2 aromatic rings. The number of rotatable bonds is 2. The molecule has 7 heteroatoms. The fourth-order valence-corrected chi connectivity index (χ4v) is 0.953. The molecule has 0 bridgehead atoms. The lowest BCUT2D eigenvalue weighted by Gasteiger charge is -2.00. The van der Waals surface area contributed by atoms with E-state index in [4.69, 9.17) is 5.11 Å². The van der Waals surface area contributed by atoms with Gasteiger partial charge in [0.15, 0.2) is 5.69 Å². The topological polar surface area (TPSA) is 93.8 Å². The molecule has 0 atom stereocenters. The maximum absolute atomic E-state index is 10.7. The zero-order valence-corrected chi connectivity index (χ0v) is 6.90. The Balaban J connectivity index is 2.58. The minimum absolute atomic E-state index is 0.102. The lowest BCUT2D eigenvalue weighted by Crippen LogP contribution is -2.11. The molecule has 0 spiro atoms. The largest absolute Gasteiger partial charge is 0.476 e. The van der Waals surface area contributed by atoms with Crippen molar-refractivity contribution in [2.45, 2.75) is 0 Å². The quantitative estimate of drug-likeness (QED) is 0.703. The fraction of sp³-hybridized carbons (Fsp3) is 0. The van der Waals surface area contributed by atoms with Crippen LogP contribution in [0.25, 0.3) is 5.82 Å². The maximum Gasteiger partial charge on any atom is 0.358 e. The van der Waals surface area contributed by atoms with Gasteiger partial charge in [-0.05, 0) is 0 Å². The average Bonchev–Trinajstić information content (AvgIpc) is 2.70. The van der Waals surface area contributed by atoms with Gasteiger partial charge in [-0.2, -0.15) is 10.2 Å². The summed E-state index contributed by atoms with van der Waals surface area (Å²) < 4.78 is 0. The van der Waals surface area contributed by atoms with Gasteiger partial charge in [0.1, 0.15) is 0 Å². The van der Waals surface area contributed by atoms with Crippen molar-refractivity contribution in [1.82, 2.24) is 25.0 Å². The SMILES string of the molecule is O=C(O)c1nccnc1-n1nccn1. The van der Waals surface area contributed by atoms with Crippen molar-refractivity contribution < 1.29 is 9.90 Å². The molecule has 2 aromatic heterocycles. The van der Waals surface area contributed by atoms with Crippen LogP contribution in [-0.4, -0.2) is 36.0 Å². The van der Waals surface area contributed by atoms with Crippen molar-refractivity contribution in [1.29, 1.82) is 0 Å². The molecule has 0 aliphatic carbocycles. The van der Waals surface area contributed by atoms with E-state index in [0.717, 1.165) is 4.80 Å². The summed E-state index contributed by atoms with van der Waals surface area (Å²) in [5, 5.41) is 16.3. The summed E-state index contributed by atoms with van der Waals surface area (Å²) in [6.45, 7) is 0. The first kappa shape index (κ1) is 8.30. The van der Waals surface area contributed by atoms with E-state index in [2.05, 4.69) is 20.2 Å². The van der Waals surface area contributed by atoms with Crippen LogP contribution in [0.15, 0.2) is 24.8 Å². The first-order valence-corrected chi connectivity index (χ1v) is 3.70. The summed E-state index contributed by atoms with van der Waals surface area (Å²) in [5.41, 5.74) is -0.177. The van der Waals surface area contributed by atoms with E-state index >= 15 is 0 Å². The molecule has 0 radical (unpaired) electrons. The highest BCUT2D eigenvalue weighted by Crippen LogP contribution is 2.04. The van der Waals surface area contributed by atoms with Gasteiger partial charge in [-0.1, -0.05) is 0 Å². The van der Waals surface area contributed by atoms with Gasteiger partial charge < -0.3 is 5.11 Å². The van der Waals surface area contributed by atoms with Gasteiger partial charge in [0.05, 0.1) is 12.4 Å². The highest BCUT2D eigenvalue weighted by atomic mass is 16.4. The van der Waals surface area contributed by atoms with E-state index in [9.17, 15) is 4.79 Å². The van der Waals surface area contributed by atoms with Crippen LogP contribution in [-0.2, 0) is 0 Å². The number of carboxylic acids is 1. The fourth-order valence-electron chi connectivity index (χ4n) is 0.953. The zero-order valence-electron chi connectivity index (χ0n) is 6.90. The molecular formula is C7H5N5O2. The van der Waals surface area contributed by atoms with Crippen molar-refractivity contribution >= 4 is 5.97 Å². The first-order valence-electron chi connectivity index (χ1n) is 3.70. The van der Waals surface area contributed by atoms with Gasteiger partial charge in [-0.15, -0.1) is 4.80 Å². The molecule has 0 saturated carbocycles. The third-order valence-corrected chi connectivity index (χ3v) is 1.49. The van der Waals surface area contributed by atoms with E-state index < -0.39 is 5.97 Å². The van der Waals surface area contributed by atoms with Crippen LogP contribution in [0, 0.1) is 0 Å². The Labute approximate surface area is 78.0 Å². The van der Waals surface area contributed by atoms with E-state index in [0.29, 0.717) is 0 Å². The molecule has 2 heterocycles. The van der Waals surface area contributed by atoms with Gasteiger partial charge in [-0.25, -0.2) is 14.8 Å². The van der Waals surface area contributed by atoms with E-state index in [1.807, 2.05) is 0 Å². The standard InChI is InChI=1S/C7H5N5O2/c13-7(14)5-6(9-2-1-8-5)12-10-3-4-11-12/h1-4H,(H,13,14). The molecule has 1 N–H and O–H groups in total. The van der Waals surface area contributed by atoms with Crippen LogP contribution in [0.5, 0.6) is 0 Å². The summed E-state index contributed by atoms with van der Waals surface area (Å²) in [7, 11) is 0. The number of hydrogen-bond donors (Lipinski definition) is 1. The van der Waals surface area contributed by atoms with E-state index in [1.165, 1.54) is 24.8 Å². The molecule has 0 unspecified atom stereocenters. The number of aromatic nitrogens is 5. The Kier molecular flexibility index (Phi) is 1.90. The Bertz CT molecular complexity index is 453. The minimum atomic E-state index is -1.16. The number of carboxylic acid groups (broad SMARTS) is 1. The molecule has 70 valence electrons. The van der Waals surface area contributed by atoms with Crippen molar-refractivity contribution in [2.24, 2.45) is 0 Å². The van der Waals surface area contributed by atoms with Gasteiger partial charge in [0.2, 0.25) is 5.82 Å². The molecule has 0 aromatic carbocycles. The smallest absolute Gasteiger partial charge is 0.358 e. The zero-order chi connectivity index (χ0) is 9.97. The van der Waals surface area contributed by atoms with Crippen molar-refractivity contribution in [3.05, 3.63) is 30.5 Å². The summed E-state index contributed by atoms with van der Waals surface area (Å²) in [5.74, 6) is -1.06. The van der Waals surface area contributed by atoms with Gasteiger partial charge >= 0.3 is 5.97 Å². The van der Waals surface area contributed by atoms with Crippen LogP contribution < -0.4 is 0 Å². The Morgan fingerprint density at radius 1 is 1.14 bits per heavy atom. The molecule has 0 aliphatic heterocycles. The maximum atomic E-state index is 10.7. The Morgan fingerprint density at radius 3 is 2.43 bits per heavy atom. The first-order chi connectivity index (χ1) is 6.79. The van der Waals surface area contributed by atoms with Crippen molar-refractivity contribution in [3.63, 3.8) is 0 Å². The van der Waals surface area contributed by atoms with Gasteiger partial charge in [0, 0.05) is 12.4 Å². The monoisotopic (exact) mass is 191 g/mol. The predicted molar refractivity (Wildman–Crippen MR) is 43.9 cm³/mol. The second-order valence-electron chi connectivity index (χ2n) is 2.35. The van der Waals surface area contributed by atoms with Crippen molar-refractivity contribution in [2.75, 3.05) is 0 Å². The molecule has 0 aliphatic rings. The normalized spacial score (nSPS) is 10.0. The summed E-state index contributed by atoms with van der Waals surface area (Å²) >= 11 is 0. The van der Waals surface area contributed by atoms with Crippen LogP contribution in [0.3, 0.4) is 0 Å². The lowest BCUT2D eigenvalue weighted by atomic mass is 10.4. The summed E-state index contributed by atoms with van der Waals surface area (Å²) in [6.07, 6.45) is 5.54. The molecular weight excluding hydrogens is 186 g/mol. The van der Waals surface area contributed by atoms with Crippen LogP contribution >= 0.6 is 0 Å². The second-order valence-corrected chi connectivity index (χ2v) is 2.35. The number of carbonyl (C=O) groups is 1. The molecule has 0 amide bonds. The molecule has 7 nitrogen and oxygen atoms in total.